The molecule has 4 heteroatoms. The van der Waals surface area contributed by atoms with Gasteiger partial charge in [-0.1, -0.05) is 36.2 Å². The lowest BCUT2D eigenvalue weighted by Gasteiger charge is -2.16. The van der Waals surface area contributed by atoms with Gasteiger partial charge in [0.05, 0.1) is 0 Å². The molecule has 0 aliphatic heterocycles. The van der Waals surface area contributed by atoms with E-state index in [9.17, 15) is 4.79 Å². The molecule has 0 radical (unpaired) electrons. The summed E-state index contributed by atoms with van der Waals surface area (Å²) >= 11 is 0. The number of nitrogens with one attached hydrogen (secondary N) is 1. The topological polar surface area (TPSA) is 58.4 Å². The first-order chi connectivity index (χ1) is 9.11. The zero-order chi connectivity index (χ0) is 14.1. The zero-order valence-electron chi connectivity index (χ0n) is 12.0. The Hall–Kier alpha value is -1.39. The van der Waals surface area contributed by atoms with Crippen LogP contribution >= 0.6 is 0 Å². The van der Waals surface area contributed by atoms with Crippen LogP contribution in [0.1, 0.15) is 36.8 Å². The number of carbonyl (C=O) groups is 1. The van der Waals surface area contributed by atoms with Gasteiger partial charge in [0, 0.05) is 13.0 Å². The van der Waals surface area contributed by atoms with E-state index in [0.717, 1.165) is 32.4 Å². The summed E-state index contributed by atoms with van der Waals surface area (Å²) in [5.74, 6) is 4.95. The Kier molecular flexibility index (Phi) is 7.15. The summed E-state index contributed by atoms with van der Waals surface area (Å²) in [5, 5.41) is 0. The molecule has 4 nitrogen and oxygen atoms in total. The number of carbonyl (C=O) groups excluding carboxylic acids is 1. The first kappa shape index (κ1) is 15.7. The summed E-state index contributed by atoms with van der Waals surface area (Å²) < 4.78 is 0. The van der Waals surface area contributed by atoms with E-state index in [0.29, 0.717) is 6.42 Å². The summed E-state index contributed by atoms with van der Waals surface area (Å²) in [6, 6.07) is 8.60. The van der Waals surface area contributed by atoms with Crippen LogP contribution in [0, 0.1) is 6.92 Å². The fourth-order valence-corrected chi connectivity index (χ4v) is 2.12. The van der Waals surface area contributed by atoms with Gasteiger partial charge in [0.15, 0.2) is 0 Å². The average Bonchev–Trinajstić information content (AvgIpc) is 2.38. The molecule has 1 rings (SSSR count). The molecule has 106 valence electrons. The van der Waals surface area contributed by atoms with Crippen LogP contribution in [0.2, 0.25) is 0 Å². The molecule has 0 aliphatic rings. The summed E-state index contributed by atoms with van der Waals surface area (Å²) in [6.07, 6.45) is 3.60. The molecule has 0 unspecified atom stereocenters. The van der Waals surface area contributed by atoms with Crippen molar-refractivity contribution in [2.75, 3.05) is 13.6 Å². The molecule has 3 N–H and O–H groups in total. The van der Waals surface area contributed by atoms with Gasteiger partial charge in [-0.2, -0.15) is 0 Å². The SMILES string of the molecule is Cc1cccc(CN(C)CCCCCC(=O)NN)c1. The number of hydrazine groups is 1. The van der Waals surface area contributed by atoms with Gasteiger partial charge >= 0.3 is 0 Å². The van der Waals surface area contributed by atoms with Gasteiger partial charge in [-0.15, -0.1) is 0 Å². The third kappa shape index (κ3) is 6.94. The second-order valence-electron chi connectivity index (χ2n) is 5.11. The molecule has 0 saturated carbocycles. The number of rotatable bonds is 8. The number of nitrogens with two attached hydrogens (primary N) is 1. The highest BCUT2D eigenvalue weighted by atomic mass is 16.2. The van der Waals surface area contributed by atoms with E-state index in [1.165, 1.54) is 11.1 Å². The molecule has 1 amide bonds. The van der Waals surface area contributed by atoms with Crippen molar-refractivity contribution in [2.45, 2.75) is 39.2 Å². The van der Waals surface area contributed by atoms with Crippen LogP contribution in [0.15, 0.2) is 24.3 Å². The van der Waals surface area contributed by atoms with E-state index in [2.05, 4.69) is 48.6 Å². The third-order valence-electron chi connectivity index (χ3n) is 3.14. The van der Waals surface area contributed by atoms with E-state index < -0.39 is 0 Å². The van der Waals surface area contributed by atoms with Crippen LogP contribution in [-0.4, -0.2) is 24.4 Å². The highest BCUT2D eigenvalue weighted by Crippen LogP contribution is 2.08. The first-order valence-corrected chi connectivity index (χ1v) is 6.85. The molecule has 0 bridgehead atoms. The van der Waals surface area contributed by atoms with E-state index in [4.69, 9.17) is 5.84 Å². The van der Waals surface area contributed by atoms with Crippen molar-refractivity contribution in [2.24, 2.45) is 5.84 Å². The monoisotopic (exact) mass is 263 g/mol. The molecular formula is C15H25N3O. The fraction of sp³-hybridized carbons (Fsp3) is 0.533. The minimum absolute atomic E-state index is 0.0758. The van der Waals surface area contributed by atoms with Gasteiger partial charge in [-0.3, -0.25) is 10.2 Å². The molecule has 0 fully saturated rings. The quantitative estimate of drug-likeness (QED) is 0.326. The summed E-state index contributed by atoms with van der Waals surface area (Å²) in [7, 11) is 2.13. The van der Waals surface area contributed by atoms with E-state index >= 15 is 0 Å². The summed E-state index contributed by atoms with van der Waals surface area (Å²) in [6.45, 7) is 4.15. The average molecular weight is 263 g/mol. The smallest absolute Gasteiger partial charge is 0.233 e. The van der Waals surface area contributed by atoms with Crippen molar-refractivity contribution in [3.8, 4) is 0 Å². The molecule has 0 heterocycles. The highest BCUT2D eigenvalue weighted by Gasteiger charge is 2.02. The van der Waals surface area contributed by atoms with E-state index in [1.54, 1.807) is 0 Å². The van der Waals surface area contributed by atoms with Crippen molar-refractivity contribution in [1.29, 1.82) is 0 Å². The standard InChI is InChI=1S/C15H25N3O/c1-13-7-6-8-14(11-13)12-18(2)10-5-3-4-9-15(19)17-16/h6-8,11H,3-5,9-10,12,16H2,1-2H3,(H,17,19). The van der Waals surface area contributed by atoms with Gasteiger partial charge in [0.25, 0.3) is 0 Å². The van der Waals surface area contributed by atoms with Gasteiger partial charge in [0.2, 0.25) is 5.91 Å². The molecule has 0 atom stereocenters. The van der Waals surface area contributed by atoms with E-state index in [-0.39, 0.29) is 5.91 Å². The predicted molar refractivity (Wildman–Crippen MR) is 78.3 cm³/mol. The van der Waals surface area contributed by atoms with Crippen molar-refractivity contribution in [3.05, 3.63) is 35.4 Å². The van der Waals surface area contributed by atoms with Crippen LogP contribution in [0.4, 0.5) is 0 Å². The van der Waals surface area contributed by atoms with Gasteiger partial charge in [-0.25, -0.2) is 5.84 Å². The maximum absolute atomic E-state index is 10.9. The zero-order valence-corrected chi connectivity index (χ0v) is 12.0. The second kappa shape index (κ2) is 8.67. The molecule has 0 spiro atoms. The normalized spacial score (nSPS) is 10.7. The molecule has 19 heavy (non-hydrogen) atoms. The Labute approximate surface area is 115 Å². The Morgan fingerprint density at radius 3 is 2.79 bits per heavy atom. The van der Waals surface area contributed by atoms with Gasteiger partial charge in [0.1, 0.15) is 0 Å². The summed E-state index contributed by atoms with van der Waals surface area (Å²) in [5.41, 5.74) is 4.81. The van der Waals surface area contributed by atoms with Crippen LogP contribution in [0.25, 0.3) is 0 Å². The van der Waals surface area contributed by atoms with Crippen molar-refractivity contribution < 1.29 is 4.79 Å². The van der Waals surface area contributed by atoms with Gasteiger partial charge in [-0.05, 0) is 38.9 Å². The minimum atomic E-state index is -0.0758. The molecule has 0 aromatic heterocycles. The first-order valence-electron chi connectivity index (χ1n) is 6.85. The Balaban J connectivity index is 2.14. The number of unbranched alkanes of at least 4 members (excludes halogenated alkanes) is 2. The number of hydrogen-bond donors (Lipinski definition) is 2. The second-order valence-corrected chi connectivity index (χ2v) is 5.11. The lowest BCUT2D eigenvalue weighted by molar-refractivity contribution is -0.121. The van der Waals surface area contributed by atoms with Crippen LogP contribution < -0.4 is 11.3 Å². The Morgan fingerprint density at radius 2 is 2.11 bits per heavy atom. The van der Waals surface area contributed by atoms with Crippen LogP contribution in [-0.2, 0) is 11.3 Å². The Bertz CT molecular complexity index is 393. The molecular weight excluding hydrogens is 238 g/mol. The number of benzene rings is 1. The lowest BCUT2D eigenvalue weighted by atomic mass is 10.1. The summed E-state index contributed by atoms with van der Waals surface area (Å²) in [4.78, 5) is 13.3. The molecule has 0 saturated heterocycles. The van der Waals surface area contributed by atoms with Crippen LogP contribution in [0.5, 0.6) is 0 Å². The Morgan fingerprint density at radius 1 is 1.32 bits per heavy atom. The van der Waals surface area contributed by atoms with E-state index in [1.807, 2.05) is 0 Å². The number of amides is 1. The third-order valence-corrected chi connectivity index (χ3v) is 3.14. The number of aryl methyl sites for hydroxylation is 1. The lowest BCUT2D eigenvalue weighted by Crippen LogP contribution is -2.29. The van der Waals surface area contributed by atoms with Crippen LogP contribution in [0.3, 0.4) is 0 Å². The number of nitrogens with zero attached hydrogens (tertiary/aromatic N) is 1. The largest absolute Gasteiger partial charge is 0.302 e. The van der Waals surface area contributed by atoms with Crippen molar-refractivity contribution in [3.63, 3.8) is 0 Å². The van der Waals surface area contributed by atoms with Crippen molar-refractivity contribution in [1.82, 2.24) is 10.3 Å². The maximum atomic E-state index is 10.9. The molecule has 1 aromatic rings. The molecule has 0 aliphatic carbocycles. The fourth-order valence-electron chi connectivity index (χ4n) is 2.12. The maximum Gasteiger partial charge on any atom is 0.233 e. The van der Waals surface area contributed by atoms with Gasteiger partial charge < -0.3 is 4.90 Å². The molecule has 1 aromatic carbocycles. The van der Waals surface area contributed by atoms with Crippen molar-refractivity contribution >= 4 is 5.91 Å². The minimum Gasteiger partial charge on any atom is -0.302 e. The predicted octanol–water partition coefficient (Wildman–Crippen LogP) is 1.98. The highest BCUT2D eigenvalue weighted by molar-refractivity contribution is 5.74. The number of hydrogen-bond acceptors (Lipinski definition) is 3.